The molecule has 0 aliphatic carbocycles. The van der Waals surface area contributed by atoms with Crippen LogP contribution in [0.1, 0.15) is 44.5 Å². The van der Waals surface area contributed by atoms with Crippen molar-refractivity contribution in [1.29, 1.82) is 5.26 Å². The van der Waals surface area contributed by atoms with E-state index in [2.05, 4.69) is 79.3 Å². The zero-order valence-electron chi connectivity index (χ0n) is 19.5. The first kappa shape index (κ1) is 22.2. The molecule has 0 aliphatic heterocycles. The predicted octanol–water partition coefficient (Wildman–Crippen LogP) is 5.62. The fourth-order valence-corrected chi connectivity index (χ4v) is 4.24. The number of hydrazone groups is 1. The molecule has 166 valence electrons. The molecule has 5 heteroatoms. The van der Waals surface area contributed by atoms with E-state index >= 15 is 0 Å². The third-order valence-corrected chi connectivity index (χ3v) is 6.46. The second kappa shape index (κ2) is 9.22. The highest BCUT2D eigenvalue weighted by Gasteiger charge is 2.11. The molecule has 4 aromatic rings. The lowest BCUT2D eigenvalue weighted by atomic mass is 9.94. The number of phenolic OH excluding ortho intramolecular Hbond substituents is 1. The summed E-state index contributed by atoms with van der Waals surface area (Å²) in [6.07, 6.45) is 3.97. The fourth-order valence-electron chi connectivity index (χ4n) is 4.24. The molecule has 0 saturated heterocycles. The van der Waals surface area contributed by atoms with Gasteiger partial charge in [-0.15, -0.1) is 0 Å². The minimum Gasteiger partial charge on any atom is -0.507 e. The minimum absolute atomic E-state index is 0.00727. The summed E-state index contributed by atoms with van der Waals surface area (Å²) in [5.41, 5.74) is 13.2. The Morgan fingerprint density at radius 3 is 2.52 bits per heavy atom. The average molecular weight is 437 g/mol. The number of hydrogen-bond acceptors (Lipinski definition) is 4. The van der Waals surface area contributed by atoms with Gasteiger partial charge in [-0.2, -0.15) is 10.4 Å². The van der Waals surface area contributed by atoms with Crippen LogP contribution in [-0.4, -0.2) is 15.9 Å². The van der Waals surface area contributed by atoms with E-state index in [1.165, 1.54) is 39.4 Å². The van der Waals surface area contributed by atoms with Gasteiger partial charge in [0.1, 0.15) is 11.8 Å². The van der Waals surface area contributed by atoms with Crippen molar-refractivity contribution in [2.24, 2.45) is 5.10 Å². The van der Waals surface area contributed by atoms with Crippen molar-refractivity contribution in [2.45, 2.75) is 40.8 Å². The third-order valence-electron chi connectivity index (χ3n) is 6.46. The van der Waals surface area contributed by atoms with Gasteiger partial charge in [-0.3, -0.25) is 0 Å². The topological polar surface area (TPSA) is 73.3 Å². The van der Waals surface area contributed by atoms with E-state index < -0.39 is 0 Å². The Hall–Kier alpha value is -4.04. The van der Waals surface area contributed by atoms with Crippen LogP contribution in [0.2, 0.25) is 0 Å². The summed E-state index contributed by atoms with van der Waals surface area (Å²) in [5.74, 6) is -0.00727. The van der Waals surface area contributed by atoms with Gasteiger partial charge < -0.3 is 15.1 Å². The van der Waals surface area contributed by atoms with Crippen molar-refractivity contribution in [3.63, 3.8) is 0 Å². The van der Waals surface area contributed by atoms with Crippen LogP contribution in [0.4, 0.5) is 0 Å². The Kier molecular flexibility index (Phi) is 6.19. The number of nitrogens with zero attached hydrogens (tertiary/aromatic N) is 3. The zero-order valence-corrected chi connectivity index (χ0v) is 19.5. The first-order valence-corrected chi connectivity index (χ1v) is 11.0. The molecule has 1 aromatic heterocycles. The molecule has 1 heterocycles. The van der Waals surface area contributed by atoms with Crippen LogP contribution in [0.15, 0.2) is 59.8 Å². The Morgan fingerprint density at radius 1 is 1.03 bits per heavy atom. The number of hydrogen-bond donors (Lipinski definition) is 2. The van der Waals surface area contributed by atoms with Crippen LogP contribution in [0.5, 0.6) is 5.75 Å². The standard InChI is InChI=1S/C28H28N4O/c1-18-12-19(2)21(4)26(20(18)3)17-32-11-10-25-23(6-5-7-27(25)32)16-31-30-15-22-8-9-28(33)24(13-22)14-29/h5-13,16,30,33H,15,17H2,1-4H3/b31-16-. The molecule has 0 fully saturated rings. The molecule has 2 N–H and O–H groups in total. The molecule has 0 aliphatic rings. The van der Waals surface area contributed by atoms with Gasteiger partial charge in [0.2, 0.25) is 0 Å². The molecule has 0 unspecified atom stereocenters. The van der Waals surface area contributed by atoms with Crippen molar-refractivity contribution in [3.8, 4) is 11.8 Å². The summed E-state index contributed by atoms with van der Waals surface area (Å²) in [6.45, 7) is 10.1. The summed E-state index contributed by atoms with van der Waals surface area (Å²) in [4.78, 5) is 0. The summed E-state index contributed by atoms with van der Waals surface area (Å²) < 4.78 is 2.30. The first-order valence-electron chi connectivity index (χ1n) is 11.0. The lowest BCUT2D eigenvalue weighted by molar-refractivity contribution is 0.473. The summed E-state index contributed by atoms with van der Waals surface area (Å²) in [6, 6.07) is 17.6. The molecule has 0 atom stereocenters. The molecule has 0 bridgehead atoms. The zero-order chi connectivity index (χ0) is 23.5. The number of benzene rings is 3. The highest BCUT2D eigenvalue weighted by molar-refractivity contribution is 5.98. The maximum absolute atomic E-state index is 9.63. The van der Waals surface area contributed by atoms with Crippen molar-refractivity contribution in [3.05, 3.63) is 99.2 Å². The van der Waals surface area contributed by atoms with E-state index in [0.717, 1.165) is 23.1 Å². The van der Waals surface area contributed by atoms with Crippen molar-refractivity contribution in [1.82, 2.24) is 9.99 Å². The number of nitrogens with one attached hydrogen (secondary N) is 1. The summed E-state index contributed by atoms with van der Waals surface area (Å²) >= 11 is 0. The van der Waals surface area contributed by atoms with Crippen LogP contribution in [0, 0.1) is 39.0 Å². The van der Waals surface area contributed by atoms with E-state index in [0.29, 0.717) is 6.54 Å². The molecule has 0 spiro atoms. The van der Waals surface area contributed by atoms with E-state index in [-0.39, 0.29) is 11.3 Å². The molecular formula is C28H28N4O. The van der Waals surface area contributed by atoms with Gasteiger partial charge in [0.05, 0.1) is 18.3 Å². The van der Waals surface area contributed by atoms with Crippen LogP contribution >= 0.6 is 0 Å². The van der Waals surface area contributed by atoms with Crippen LogP contribution < -0.4 is 5.43 Å². The first-order chi connectivity index (χ1) is 15.9. The molecule has 0 saturated carbocycles. The highest BCUT2D eigenvalue weighted by Crippen LogP contribution is 2.26. The number of aromatic hydroxyl groups is 1. The Morgan fingerprint density at radius 2 is 1.79 bits per heavy atom. The molecule has 33 heavy (non-hydrogen) atoms. The van der Waals surface area contributed by atoms with Crippen molar-refractivity contribution >= 4 is 17.1 Å². The number of rotatable bonds is 6. The van der Waals surface area contributed by atoms with Crippen molar-refractivity contribution < 1.29 is 5.11 Å². The minimum atomic E-state index is -0.00727. The third kappa shape index (κ3) is 4.47. The van der Waals surface area contributed by atoms with E-state index in [4.69, 9.17) is 5.26 Å². The predicted molar refractivity (Wildman–Crippen MR) is 134 cm³/mol. The fraction of sp³-hybridized carbons (Fsp3) is 0.214. The van der Waals surface area contributed by atoms with Crippen LogP contribution in [0.25, 0.3) is 10.9 Å². The van der Waals surface area contributed by atoms with Gasteiger partial charge in [-0.05, 0) is 85.3 Å². The molecule has 0 radical (unpaired) electrons. The van der Waals surface area contributed by atoms with Crippen molar-refractivity contribution in [2.75, 3.05) is 0 Å². The Balaban J connectivity index is 1.54. The Labute approximate surface area is 194 Å². The molecule has 4 rings (SSSR count). The van der Waals surface area contributed by atoms with Gasteiger partial charge in [0, 0.05) is 29.2 Å². The second-order valence-electron chi connectivity index (χ2n) is 8.52. The van der Waals surface area contributed by atoms with Gasteiger partial charge in [-0.1, -0.05) is 24.3 Å². The summed E-state index contributed by atoms with van der Waals surface area (Å²) in [5, 5.41) is 24.2. The number of phenols is 1. The number of nitriles is 1. The van der Waals surface area contributed by atoms with E-state index in [1.807, 2.05) is 12.3 Å². The quantitative estimate of drug-likeness (QED) is 0.304. The lowest BCUT2D eigenvalue weighted by Crippen LogP contribution is -2.06. The van der Waals surface area contributed by atoms with Gasteiger partial charge in [-0.25, -0.2) is 0 Å². The van der Waals surface area contributed by atoms with Crippen LogP contribution in [0.3, 0.4) is 0 Å². The van der Waals surface area contributed by atoms with Gasteiger partial charge >= 0.3 is 0 Å². The number of fused-ring (bicyclic) bond motifs is 1. The number of aromatic nitrogens is 1. The Bertz CT molecular complexity index is 1380. The maximum atomic E-state index is 9.63. The second-order valence-corrected chi connectivity index (χ2v) is 8.52. The normalized spacial score (nSPS) is 11.2. The maximum Gasteiger partial charge on any atom is 0.133 e. The van der Waals surface area contributed by atoms with E-state index in [1.54, 1.807) is 12.1 Å². The molecule has 0 amide bonds. The van der Waals surface area contributed by atoms with E-state index in [9.17, 15) is 5.11 Å². The number of aryl methyl sites for hydroxylation is 2. The summed E-state index contributed by atoms with van der Waals surface area (Å²) in [7, 11) is 0. The van der Waals surface area contributed by atoms with Gasteiger partial charge in [0.15, 0.2) is 0 Å². The van der Waals surface area contributed by atoms with Gasteiger partial charge in [0.25, 0.3) is 0 Å². The molecular weight excluding hydrogens is 408 g/mol. The lowest BCUT2D eigenvalue weighted by Gasteiger charge is -2.16. The average Bonchev–Trinajstić information content (AvgIpc) is 3.22. The monoisotopic (exact) mass is 436 g/mol. The molecule has 5 nitrogen and oxygen atoms in total. The smallest absolute Gasteiger partial charge is 0.133 e. The highest BCUT2D eigenvalue weighted by atomic mass is 16.3. The largest absolute Gasteiger partial charge is 0.507 e. The SMILES string of the molecule is Cc1cc(C)c(C)c(Cn2ccc3c(/C=N\NCc4ccc(O)c(C#N)c4)cccc32)c1C. The molecule has 3 aromatic carbocycles. The van der Waals surface area contributed by atoms with Crippen LogP contribution in [-0.2, 0) is 13.1 Å².